The zero-order chi connectivity index (χ0) is 21.7. The number of benzene rings is 4. The van der Waals surface area contributed by atoms with Gasteiger partial charge in [0.1, 0.15) is 0 Å². The van der Waals surface area contributed by atoms with Crippen molar-refractivity contribution < 1.29 is 18.9 Å². The van der Waals surface area contributed by atoms with Gasteiger partial charge >= 0.3 is 0 Å². The molecule has 0 radical (unpaired) electrons. The molecule has 0 fully saturated rings. The van der Waals surface area contributed by atoms with Crippen LogP contribution in [-0.2, 0) is 6.42 Å². The molecule has 0 saturated carbocycles. The van der Waals surface area contributed by atoms with E-state index >= 15 is 0 Å². The summed E-state index contributed by atoms with van der Waals surface area (Å²) in [5.41, 5.74) is 3.21. The molecule has 0 aliphatic carbocycles. The zero-order valence-corrected chi connectivity index (χ0v) is 17.8. The smallest absolute Gasteiger partial charge is 0.231 e. The number of ether oxygens (including phenoxy) is 4. The largest absolute Gasteiger partial charge is 0.493 e. The molecule has 1 aliphatic rings. The number of nitrogens with zero attached hydrogens (tertiary/aromatic N) is 1. The van der Waals surface area contributed by atoms with Crippen molar-refractivity contribution in [3.8, 4) is 23.0 Å². The summed E-state index contributed by atoms with van der Waals surface area (Å²) < 4.78 is 22.8. The first-order valence-electron chi connectivity index (χ1n) is 10.5. The predicted octanol–water partition coefficient (Wildman–Crippen LogP) is 5.88. The minimum Gasteiger partial charge on any atom is -0.493 e. The van der Waals surface area contributed by atoms with Gasteiger partial charge in [-0.05, 0) is 34.5 Å². The van der Waals surface area contributed by atoms with Crippen molar-refractivity contribution in [1.29, 1.82) is 0 Å². The lowest BCUT2D eigenvalue weighted by atomic mass is 9.94. The Hall–Kier alpha value is -3.99. The first-order valence-corrected chi connectivity index (χ1v) is 10.5. The molecule has 1 aromatic heterocycles. The third kappa shape index (κ3) is 2.74. The van der Waals surface area contributed by atoms with Gasteiger partial charge in [0.2, 0.25) is 6.79 Å². The summed E-state index contributed by atoms with van der Waals surface area (Å²) in [6.45, 7) is 0.240. The van der Waals surface area contributed by atoms with Gasteiger partial charge in [0.25, 0.3) is 0 Å². The van der Waals surface area contributed by atoms with Crippen LogP contribution < -0.4 is 18.9 Å². The van der Waals surface area contributed by atoms with Gasteiger partial charge in [-0.15, -0.1) is 0 Å². The molecule has 0 bridgehead atoms. The number of pyridine rings is 1. The maximum Gasteiger partial charge on any atom is 0.231 e. The molecule has 0 N–H and O–H groups in total. The van der Waals surface area contributed by atoms with Crippen LogP contribution in [0.1, 0.15) is 11.1 Å². The number of methoxy groups -OCH3 is 2. The molecule has 4 aromatic carbocycles. The number of aromatic nitrogens is 1. The first-order chi connectivity index (χ1) is 15.8. The second-order valence-corrected chi connectivity index (χ2v) is 7.83. The van der Waals surface area contributed by atoms with Crippen molar-refractivity contribution in [2.24, 2.45) is 0 Å². The highest BCUT2D eigenvalue weighted by Gasteiger charge is 2.21. The predicted molar refractivity (Wildman–Crippen MR) is 125 cm³/mol. The van der Waals surface area contributed by atoms with Crippen LogP contribution in [0.2, 0.25) is 0 Å². The van der Waals surface area contributed by atoms with Crippen LogP contribution >= 0.6 is 0 Å². The fourth-order valence-corrected chi connectivity index (χ4v) is 4.68. The summed E-state index contributed by atoms with van der Waals surface area (Å²) in [6, 6.07) is 20.7. The van der Waals surface area contributed by atoms with Crippen molar-refractivity contribution in [3.63, 3.8) is 0 Å². The Bertz CT molecular complexity index is 1490. The topological polar surface area (TPSA) is 49.8 Å². The number of rotatable bonds is 4. The Balaban J connectivity index is 1.66. The molecule has 0 amide bonds. The Labute approximate surface area is 185 Å². The molecule has 6 rings (SSSR count). The van der Waals surface area contributed by atoms with E-state index in [4.69, 9.17) is 23.9 Å². The number of hydrogen-bond donors (Lipinski definition) is 0. The highest BCUT2D eigenvalue weighted by atomic mass is 16.7. The van der Waals surface area contributed by atoms with Gasteiger partial charge < -0.3 is 18.9 Å². The molecular formula is C27H21NO4. The van der Waals surface area contributed by atoms with E-state index in [9.17, 15) is 0 Å². The monoisotopic (exact) mass is 423 g/mol. The molecule has 0 saturated heterocycles. The molecule has 5 nitrogen and oxygen atoms in total. The lowest BCUT2D eigenvalue weighted by Gasteiger charge is -2.17. The molecule has 0 unspecified atom stereocenters. The van der Waals surface area contributed by atoms with Crippen LogP contribution in [-0.4, -0.2) is 26.0 Å². The fourth-order valence-electron chi connectivity index (χ4n) is 4.68. The Morgan fingerprint density at radius 2 is 1.62 bits per heavy atom. The van der Waals surface area contributed by atoms with E-state index in [1.165, 1.54) is 5.56 Å². The third-order valence-corrected chi connectivity index (χ3v) is 6.15. The summed E-state index contributed by atoms with van der Waals surface area (Å²) in [5.74, 6) is 2.98. The highest BCUT2D eigenvalue weighted by molar-refractivity contribution is 6.17. The second-order valence-electron chi connectivity index (χ2n) is 7.83. The highest BCUT2D eigenvalue weighted by Crippen LogP contribution is 2.44. The van der Waals surface area contributed by atoms with Crippen LogP contribution in [0.4, 0.5) is 0 Å². The van der Waals surface area contributed by atoms with E-state index in [1.807, 2.05) is 24.4 Å². The van der Waals surface area contributed by atoms with E-state index in [0.717, 1.165) is 61.7 Å². The van der Waals surface area contributed by atoms with Crippen LogP contribution in [0.15, 0.2) is 66.9 Å². The SMILES string of the molecule is COc1cc2c(ccc3c4ccc5c(c4cnc23)OCO5)c(Cc2ccccc2)c1OC. The Morgan fingerprint density at radius 1 is 0.812 bits per heavy atom. The molecule has 32 heavy (non-hydrogen) atoms. The van der Waals surface area contributed by atoms with Crippen LogP contribution in [0.5, 0.6) is 23.0 Å². The first kappa shape index (κ1) is 18.8. The minimum absolute atomic E-state index is 0.240. The van der Waals surface area contributed by atoms with Crippen molar-refractivity contribution in [2.45, 2.75) is 6.42 Å². The average Bonchev–Trinajstić information content (AvgIpc) is 3.33. The lowest BCUT2D eigenvalue weighted by molar-refractivity contribution is 0.175. The molecule has 0 spiro atoms. The summed E-state index contributed by atoms with van der Waals surface area (Å²) in [6.07, 6.45) is 2.60. The standard InChI is InChI=1S/C27H21NO4/c1-29-24-13-20-18(21(26(24)30-2)12-16-6-4-3-5-7-16)8-9-19-17-10-11-23-27(32-15-31-23)22(17)14-28-25(19)20/h3-11,13-14H,12,15H2,1-2H3. The molecule has 5 heteroatoms. The Morgan fingerprint density at radius 3 is 2.44 bits per heavy atom. The van der Waals surface area contributed by atoms with Crippen molar-refractivity contribution in [1.82, 2.24) is 4.98 Å². The second kappa shape index (κ2) is 7.31. The van der Waals surface area contributed by atoms with Gasteiger partial charge in [0, 0.05) is 34.3 Å². The molecular weight excluding hydrogens is 402 g/mol. The quantitative estimate of drug-likeness (QED) is 0.338. The van der Waals surface area contributed by atoms with Gasteiger partial charge in [-0.2, -0.15) is 0 Å². The summed E-state index contributed by atoms with van der Waals surface area (Å²) in [4.78, 5) is 4.86. The van der Waals surface area contributed by atoms with Crippen LogP contribution in [0.3, 0.4) is 0 Å². The molecule has 5 aromatic rings. The van der Waals surface area contributed by atoms with Crippen LogP contribution in [0.25, 0.3) is 32.4 Å². The average molecular weight is 423 g/mol. The maximum absolute atomic E-state index is 5.80. The third-order valence-electron chi connectivity index (χ3n) is 6.15. The summed E-state index contributed by atoms with van der Waals surface area (Å²) >= 11 is 0. The number of fused-ring (bicyclic) bond motifs is 7. The van der Waals surface area contributed by atoms with Crippen molar-refractivity contribution in [3.05, 3.63) is 78.0 Å². The van der Waals surface area contributed by atoms with Gasteiger partial charge in [0.05, 0.1) is 19.7 Å². The normalized spacial score (nSPS) is 12.6. The molecule has 2 heterocycles. The van der Waals surface area contributed by atoms with Gasteiger partial charge in [-0.25, -0.2) is 0 Å². The van der Waals surface area contributed by atoms with Crippen molar-refractivity contribution >= 4 is 32.4 Å². The lowest BCUT2D eigenvalue weighted by Crippen LogP contribution is -2.00. The fraction of sp³-hybridized carbons (Fsp3) is 0.148. The number of hydrogen-bond acceptors (Lipinski definition) is 5. The zero-order valence-electron chi connectivity index (χ0n) is 17.8. The Kier molecular flexibility index (Phi) is 4.28. The van der Waals surface area contributed by atoms with Crippen LogP contribution in [0, 0.1) is 0 Å². The summed E-state index contributed by atoms with van der Waals surface area (Å²) in [7, 11) is 3.36. The molecule has 1 aliphatic heterocycles. The maximum atomic E-state index is 5.80. The van der Waals surface area contributed by atoms with E-state index in [-0.39, 0.29) is 6.79 Å². The molecule has 158 valence electrons. The van der Waals surface area contributed by atoms with E-state index < -0.39 is 0 Å². The summed E-state index contributed by atoms with van der Waals surface area (Å²) in [5, 5.41) is 5.24. The van der Waals surface area contributed by atoms with E-state index in [2.05, 4.69) is 42.5 Å². The van der Waals surface area contributed by atoms with Gasteiger partial charge in [-0.3, -0.25) is 4.98 Å². The van der Waals surface area contributed by atoms with E-state index in [0.29, 0.717) is 5.75 Å². The minimum atomic E-state index is 0.240. The van der Waals surface area contributed by atoms with Gasteiger partial charge in [0.15, 0.2) is 23.0 Å². The van der Waals surface area contributed by atoms with Crippen molar-refractivity contribution in [2.75, 3.05) is 21.0 Å². The van der Waals surface area contributed by atoms with E-state index in [1.54, 1.807) is 14.2 Å². The molecule has 0 atom stereocenters. The van der Waals surface area contributed by atoms with Gasteiger partial charge in [-0.1, -0.05) is 42.5 Å².